The number of rotatable bonds is 7. The van der Waals surface area contributed by atoms with E-state index >= 15 is 0 Å². The normalized spacial score (nSPS) is 18.6. The molecule has 4 nitrogen and oxygen atoms in total. The average molecular weight is 470 g/mol. The summed E-state index contributed by atoms with van der Waals surface area (Å²) in [6, 6.07) is 23.9. The molecule has 1 saturated heterocycles. The molecule has 3 aromatic carbocycles. The van der Waals surface area contributed by atoms with Gasteiger partial charge in [0, 0.05) is 15.5 Å². The van der Waals surface area contributed by atoms with Crippen LogP contribution in [-0.4, -0.2) is 32.6 Å². The Balaban J connectivity index is 1.69. The number of anilines is 1. The summed E-state index contributed by atoms with van der Waals surface area (Å²) < 4.78 is 26.0. The van der Waals surface area contributed by atoms with Crippen LogP contribution in [0, 0.1) is 5.92 Å². The molecular weight excluding hydrogens is 446 g/mol. The molecule has 0 aromatic heterocycles. The summed E-state index contributed by atoms with van der Waals surface area (Å²) in [4.78, 5) is 17.4. The largest absolute Gasteiger partial charge is 0.304 e. The highest BCUT2D eigenvalue weighted by molar-refractivity contribution is 7.98. The van der Waals surface area contributed by atoms with Gasteiger partial charge in [-0.25, -0.2) is 8.42 Å². The fraction of sp³-hybridized carbons (Fsp3) is 0.208. The molecule has 1 aliphatic heterocycles. The zero-order valence-corrected chi connectivity index (χ0v) is 19.7. The van der Waals surface area contributed by atoms with Crippen LogP contribution in [0.2, 0.25) is 0 Å². The molecule has 3 aromatic rings. The molecule has 0 saturated carbocycles. The number of carbonyl (C=O) groups excluding carboxylic acids is 1. The van der Waals surface area contributed by atoms with Gasteiger partial charge in [0.2, 0.25) is 5.91 Å². The van der Waals surface area contributed by atoms with Crippen molar-refractivity contribution in [1.82, 2.24) is 0 Å². The second-order valence-electron chi connectivity index (χ2n) is 7.33. The van der Waals surface area contributed by atoms with Crippen molar-refractivity contribution in [3.8, 4) is 0 Å². The van der Waals surface area contributed by atoms with Crippen molar-refractivity contribution < 1.29 is 13.2 Å². The molecule has 1 heterocycles. The predicted octanol–water partition coefficient (Wildman–Crippen LogP) is 5.31. The number of benzene rings is 3. The molecule has 0 N–H and O–H groups in total. The summed E-state index contributed by atoms with van der Waals surface area (Å²) in [5, 5.41) is 0. The highest BCUT2D eigenvalue weighted by atomic mass is 32.2. The van der Waals surface area contributed by atoms with Crippen LogP contribution in [0.15, 0.2) is 93.5 Å². The van der Waals surface area contributed by atoms with Crippen LogP contribution in [-0.2, 0) is 14.6 Å². The maximum absolute atomic E-state index is 13.2. The Labute approximate surface area is 192 Å². The van der Waals surface area contributed by atoms with E-state index in [9.17, 15) is 13.2 Å². The van der Waals surface area contributed by atoms with E-state index in [1.165, 1.54) is 0 Å². The van der Waals surface area contributed by atoms with Gasteiger partial charge < -0.3 is 4.90 Å². The summed E-state index contributed by atoms with van der Waals surface area (Å²) in [6.07, 6.45) is 4.01. The standard InChI is InChI=1S/C24H23NO3S3/c1-29-19-12-8-17(9-13-19)23-22(16-31(27,28)21-6-4-3-5-7-21)24(26)25(23)18-10-14-20(30-2)15-11-18/h3-15,22-23H,16H2,1-2H3. The lowest BCUT2D eigenvalue weighted by Crippen LogP contribution is -2.57. The molecule has 0 radical (unpaired) electrons. The number of amides is 1. The van der Waals surface area contributed by atoms with E-state index < -0.39 is 15.8 Å². The molecule has 1 aliphatic rings. The van der Waals surface area contributed by atoms with Gasteiger partial charge in [0.25, 0.3) is 0 Å². The monoisotopic (exact) mass is 469 g/mol. The Morgan fingerprint density at radius 2 is 1.35 bits per heavy atom. The zero-order valence-electron chi connectivity index (χ0n) is 17.3. The molecule has 1 fully saturated rings. The maximum Gasteiger partial charge on any atom is 0.234 e. The summed E-state index contributed by atoms with van der Waals surface area (Å²) in [5.74, 6) is -0.981. The third kappa shape index (κ3) is 4.40. The van der Waals surface area contributed by atoms with E-state index in [2.05, 4.69) is 0 Å². The Bertz CT molecular complexity index is 1160. The van der Waals surface area contributed by atoms with Crippen LogP contribution >= 0.6 is 23.5 Å². The first-order valence-electron chi connectivity index (χ1n) is 9.83. The van der Waals surface area contributed by atoms with Crippen molar-refractivity contribution in [3.63, 3.8) is 0 Å². The zero-order chi connectivity index (χ0) is 22.0. The lowest BCUT2D eigenvalue weighted by molar-refractivity contribution is -0.129. The number of carbonyl (C=O) groups is 1. The summed E-state index contributed by atoms with van der Waals surface area (Å²) >= 11 is 3.28. The Kier molecular flexibility index (Phi) is 6.46. The van der Waals surface area contributed by atoms with Crippen molar-refractivity contribution in [2.45, 2.75) is 20.7 Å². The Hall–Kier alpha value is -2.22. The van der Waals surface area contributed by atoms with Crippen LogP contribution in [0.5, 0.6) is 0 Å². The first kappa shape index (κ1) is 22.0. The van der Waals surface area contributed by atoms with Crippen LogP contribution < -0.4 is 4.90 Å². The number of thioether (sulfide) groups is 2. The van der Waals surface area contributed by atoms with E-state index in [1.54, 1.807) is 58.8 Å². The average Bonchev–Trinajstić information content (AvgIpc) is 2.82. The van der Waals surface area contributed by atoms with Gasteiger partial charge in [0.1, 0.15) is 0 Å². The number of sulfone groups is 1. The minimum atomic E-state index is -3.58. The molecule has 4 rings (SSSR count). The third-order valence-electron chi connectivity index (χ3n) is 5.52. The van der Waals surface area contributed by atoms with Crippen molar-refractivity contribution in [2.75, 3.05) is 23.2 Å². The molecule has 7 heteroatoms. The van der Waals surface area contributed by atoms with Crippen LogP contribution in [0.4, 0.5) is 5.69 Å². The van der Waals surface area contributed by atoms with Gasteiger partial charge in [-0.05, 0) is 66.6 Å². The summed E-state index contributed by atoms with van der Waals surface area (Å²) in [5.41, 5.74) is 1.73. The van der Waals surface area contributed by atoms with Crippen LogP contribution in [0.25, 0.3) is 0 Å². The topological polar surface area (TPSA) is 54.5 Å². The molecule has 0 aliphatic carbocycles. The number of nitrogens with zero attached hydrogens (tertiary/aromatic N) is 1. The second-order valence-corrected chi connectivity index (χ2v) is 11.1. The van der Waals surface area contributed by atoms with Gasteiger partial charge in [0.15, 0.2) is 9.84 Å². The first-order chi connectivity index (χ1) is 14.9. The minimum Gasteiger partial charge on any atom is -0.304 e. The molecule has 0 spiro atoms. The van der Waals surface area contributed by atoms with Crippen molar-refractivity contribution in [1.29, 1.82) is 0 Å². The van der Waals surface area contributed by atoms with Gasteiger partial charge in [-0.1, -0.05) is 30.3 Å². The van der Waals surface area contributed by atoms with Crippen molar-refractivity contribution >= 4 is 45.0 Å². The lowest BCUT2D eigenvalue weighted by Gasteiger charge is -2.47. The Morgan fingerprint density at radius 3 is 1.90 bits per heavy atom. The van der Waals surface area contributed by atoms with E-state index in [-0.39, 0.29) is 22.6 Å². The number of hydrogen-bond acceptors (Lipinski definition) is 5. The quantitative estimate of drug-likeness (QED) is 0.347. The summed E-state index contributed by atoms with van der Waals surface area (Å²) in [7, 11) is -3.58. The van der Waals surface area contributed by atoms with Gasteiger partial charge in [-0.15, -0.1) is 23.5 Å². The second kappa shape index (κ2) is 9.10. The van der Waals surface area contributed by atoms with E-state index in [0.717, 1.165) is 21.0 Å². The molecule has 160 valence electrons. The maximum atomic E-state index is 13.2. The molecule has 0 bridgehead atoms. The Morgan fingerprint density at radius 1 is 0.806 bits per heavy atom. The van der Waals surface area contributed by atoms with Gasteiger partial charge >= 0.3 is 0 Å². The van der Waals surface area contributed by atoms with E-state index in [0.29, 0.717) is 0 Å². The third-order valence-corrected chi connectivity index (χ3v) is 8.80. The lowest BCUT2D eigenvalue weighted by atomic mass is 9.83. The van der Waals surface area contributed by atoms with Gasteiger partial charge in [-0.2, -0.15) is 0 Å². The smallest absolute Gasteiger partial charge is 0.234 e. The highest BCUT2D eigenvalue weighted by Crippen LogP contribution is 2.45. The van der Waals surface area contributed by atoms with Crippen molar-refractivity contribution in [2.24, 2.45) is 5.92 Å². The molecular formula is C24H23NO3S3. The van der Waals surface area contributed by atoms with Gasteiger partial charge in [-0.3, -0.25) is 4.79 Å². The minimum absolute atomic E-state index is 0.157. The predicted molar refractivity (Wildman–Crippen MR) is 129 cm³/mol. The van der Waals surface area contributed by atoms with E-state index in [4.69, 9.17) is 0 Å². The van der Waals surface area contributed by atoms with E-state index in [1.807, 2.05) is 61.0 Å². The number of β-lactam (4-membered cyclic amide) rings is 1. The number of hydrogen-bond donors (Lipinski definition) is 0. The molecule has 2 atom stereocenters. The first-order valence-corrected chi connectivity index (χ1v) is 13.9. The highest BCUT2D eigenvalue weighted by Gasteiger charge is 2.50. The van der Waals surface area contributed by atoms with Crippen molar-refractivity contribution in [3.05, 3.63) is 84.4 Å². The fourth-order valence-corrected chi connectivity index (χ4v) is 6.26. The molecule has 1 amide bonds. The fourth-order valence-electron chi connectivity index (χ4n) is 3.88. The molecule has 2 unspecified atom stereocenters. The SMILES string of the molecule is CSc1ccc(C2C(CS(=O)(=O)c3ccccc3)C(=O)N2c2ccc(SC)cc2)cc1. The van der Waals surface area contributed by atoms with Crippen LogP contribution in [0.1, 0.15) is 11.6 Å². The van der Waals surface area contributed by atoms with Crippen LogP contribution in [0.3, 0.4) is 0 Å². The molecule has 31 heavy (non-hydrogen) atoms. The summed E-state index contributed by atoms with van der Waals surface area (Å²) in [6.45, 7) is 0. The van der Waals surface area contributed by atoms with Gasteiger partial charge in [0.05, 0.1) is 22.6 Å².